The van der Waals surface area contributed by atoms with Crippen LogP contribution in [0.1, 0.15) is 76.0 Å². The van der Waals surface area contributed by atoms with Gasteiger partial charge in [0.05, 0.1) is 28.2 Å². The fourth-order valence-corrected chi connectivity index (χ4v) is 9.03. The topological polar surface area (TPSA) is 244 Å². The van der Waals surface area contributed by atoms with Gasteiger partial charge < -0.3 is 15.1 Å². The van der Waals surface area contributed by atoms with Crippen molar-refractivity contribution in [2.45, 2.75) is 81.4 Å². The Morgan fingerprint density at radius 3 is 2.04 bits per heavy atom. The van der Waals surface area contributed by atoms with Crippen molar-refractivity contribution in [1.29, 1.82) is 0 Å². The van der Waals surface area contributed by atoms with Gasteiger partial charge in [-0.3, -0.25) is 23.2 Å². The van der Waals surface area contributed by atoms with Crippen molar-refractivity contribution < 1.29 is 63.3 Å². The van der Waals surface area contributed by atoms with Crippen LogP contribution >= 0.6 is 0 Å². The van der Waals surface area contributed by atoms with Crippen LogP contribution in [-0.2, 0) is 57.2 Å². The summed E-state index contributed by atoms with van der Waals surface area (Å²) in [7, 11) is -13.2. The summed E-state index contributed by atoms with van der Waals surface area (Å²) in [6.45, 7) is 6.12. The molecule has 53 heavy (non-hydrogen) atoms. The van der Waals surface area contributed by atoms with Gasteiger partial charge in [-0.05, 0) is 87.9 Å². The Kier molecular flexibility index (Phi) is 12.5. The number of aliphatic carboxylic acids is 2. The number of hydrogen-bond donors (Lipinski definition) is 5. The predicted octanol–water partition coefficient (Wildman–Crippen LogP) is 4.36. The maximum absolute atomic E-state index is 12.1. The number of carboxylic acid groups (broad SMARTS) is 2. The fourth-order valence-electron chi connectivity index (χ4n) is 7.52. The molecule has 2 aliphatic rings. The number of carbonyl (C=O) groups is 2. The molecule has 18 heteroatoms. The summed E-state index contributed by atoms with van der Waals surface area (Å²) < 4.78 is 101. The first kappa shape index (κ1) is 41.8. The van der Waals surface area contributed by atoms with Crippen molar-refractivity contribution in [3.8, 4) is 0 Å². The summed E-state index contributed by atoms with van der Waals surface area (Å²) >= 11 is 0. The van der Waals surface area contributed by atoms with E-state index in [2.05, 4.69) is 0 Å². The molecule has 290 valence electrons. The third-order valence-electron chi connectivity index (χ3n) is 9.92. The van der Waals surface area contributed by atoms with Gasteiger partial charge in [0, 0.05) is 53.9 Å². The van der Waals surface area contributed by atoms with Gasteiger partial charge in [-0.2, -0.15) is 29.8 Å². The largest absolute Gasteiger partial charge is 0.481 e. The van der Waals surface area contributed by atoms with Crippen molar-refractivity contribution in [2.24, 2.45) is 0 Å². The second-order valence-electron chi connectivity index (χ2n) is 13.7. The van der Waals surface area contributed by atoms with Crippen molar-refractivity contribution in [1.82, 2.24) is 0 Å². The van der Waals surface area contributed by atoms with Gasteiger partial charge in [-0.1, -0.05) is 12.1 Å². The first-order chi connectivity index (χ1) is 24.5. The highest BCUT2D eigenvalue weighted by atomic mass is 32.2. The highest BCUT2D eigenvalue weighted by molar-refractivity contribution is 7.86. The standard InChI is InChI=1S/C35H44N2O13S3/c1-4-36-28-15-13-25(53(48,49)50)23-27(28)35(3,17-7-19-51(42,43)44)30(36)9-5-10-31-34(2,16-6-11-32(38)39)26-21-24(22-33(40)41)12-14-29(26)37(31)18-8-20-52(45,46)47/h5,9-10,12-15,21,23H,4,6-8,11,16-20,22H2,1-3H3,(H4-,38,39,40,41,42,43,44,45,46,47,48,49,50)/p+1. The predicted molar refractivity (Wildman–Crippen MR) is 197 cm³/mol. The number of fused-ring (bicyclic) bond motifs is 2. The molecule has 5 N–H and O–H groups in total. The van der Waals surface area contributed by atoms with E-state index < -0.39 is 64.6 Å². The zero-order chi connectivity index (χ0) is 39.6. The molecule has 2 heterocycles. The number of likely N-dealkylation sites (N-methyl/N-ethyl adjacent to an activating group) is 1. The minimum Gasteiger partial charge on any atom is -0.481 e. The van der Waals surface area contributed by atoms with E-state index >= 15 is 0 Å². The quantitative estimate of drug-likeness (QED) is 0.104. The molecular weight excluding hydrogens is 753 g/mol. The molecule has 0 saturated heterocycles. The molecule has 4 rings (SSSR count). The van der Waals surface area contributed by atoms with E-state index in [4.69, 9.17) is 0 Å². The highest BCUT2D eigenvalue weighted by Gasteiger charge is 2.48. The Balaban J connectivity index is 1.90. The molecule has 0 amide bonds. The third kappa shape index (κ3) is 9.79. The SMILES string of the molecule is CCN1C(=CC=CC2=[N+](CCCS(=O)(=O)O)c3ccc(CC(=O)O)cc3C2(C)CCCC(=O)O)C(C)(CCCS(=O)(=O)O)c2cc(S(=O)(=O)O)ccc21. The van der Waals surface area contributed by atoms with E-state index in [0.717, 1.165) is 5.56 Å². The van der Waals surface area contributed by atoms with Crippen molar-refractivity contribution in [3.05, 3.63) is 77.0 Å². The number of anilines is 1. The Morgan fingerprint density at radius 2 is 1.45 bits per heavy atom. The summed E-state index contributed by atoms with van der Waals surface area (Å²) in [6, 6.07) is 9.32. The second kappa shape index (κ2) is 15.8. The number of carboxylic acids is 2. The van der Waals surface area contributed by atoms with Crippen LogP contribution in [0.25, 0.3) is 0 Å². The summed E-state index contributed by atoms with van der Waals surface area (Å²) in [6.07, 6.45) is 5.69. The molecule has 0 aliphatic carbocycles. The first-order valence-electron chi connectivity index (χ1n) is 16.9. The van der Waals surface area contributed by atoms with E-state index in [1.807, 2.05) is 23.3 Å². The lowest BCUT2D eigenvalue weighted by Gasteiger charge is -2.30. The fraction of sp³-hybridized carbons (Fsp3) is 0.457. The van der Waals surface area contributed by atoms with Crippen LogP contribution in [0.15, 0.2) is 65.2 Å². The van der Waals surface area contributed by atoms with Gasteiger partial charge in [-0.15, -0.1) is 0 Å². The summed E-state index contributed by atoms with van der Waals surface area (Å²) in [5.41, 5.74) is 2.46. The smallest absolute Gasteiger partial charge is 0.307 e. The minimum atomic E-state index is -4.59. The molecule has 2 atom stereocenters. The number of rotatable bonds is 18. The normalized spacial score (nSPS) is 21.1. The highest BCUT2D eigenvalue weighted by Crippen LogP contribution is 2.51. The molecule has 2 aromatic carbocycles. The lowest BCUT2D eigenvalue weighted by atomic mass is 9.74. The lowest BCUT2D eigenvalue weighted by molar-refractivity contribution is -0.437. The molecule has 2 aromatic rings. The molecule has 0 radical (unpaired) electrons. The maximum atomic E-state index is 12.1. The van der Waals surface area contributed by atoms with Gasteiger partial charge >= 0.3 is 11.9 Å². The van der Waals surface area contributed by atoms with Crippen LogP contribution in [0.2, 0.25) is 0 Å². The van der Waals surface area contributed by atoms with Gasteiger partial charge in [0.15, 0.2) is 5.71 Å². The first-order valence-corrected chi connectivity index (χ1v) is 21.6. The Bertz CT molecular complexity index is 2210. The third-order valence-corrected chi connectivity index (χ3v) is 12.4. The van der Waals surface area contributed by atoms with Gasteiger partial charge in [0.2, 0.25) is 5.69 Å². The average molecular weight is 798 g/mol. The second-order valence-corrected chi connectivity index (χ2v) is 18.3. The number of benzene rings is 2. The van der Waals surface area contributed by atoms with E-state index in [-0.39, 0.29) is 50.0 Å². The molecular formula is C35H45N2O13S3+. The zero-order valence-corrected chi connectivity index (χ0v) is 32.0. The van der Waals surface area contributed by atoms with Crippen LogP contribution in [0.5, 0.6) is 0 Å². The Morgan fingerprint density at radius 1 is 0.811 bits per heavy atom. The molecule has 0 saturated carbocycles. The maximum Gasteiger partial charge on any atom is 0.307 e. The van der Waals surface area contributed by atoms with Crippen LogP contribution < -0.4 is 4.90 Å². The van der Waals surface area contributed by atoms with Crippen LogP contribution in [0.4, 0.5) is 11.4 Å². The minimum absolute atomic E-state index is 0.0119. The molecule has 0 bridgehead atoms. The number of hydrogen-bond acceptors (Lipinski definition) is 9. The summed E-state index contributed by atoms with van der Waals surface area (Å²) in [5.74, 6) is -3.11. The molecule has 0 spiro atoms. The van der Waals surface area contributed by atoms with Crippen LogP contribution in [0, 0.1) is 0 Å². The molecule has 2 aliphatic heterocycles. The van der Waals surface area contributed by atoms with E-state index in [0.29, 0.717) is 46.9 Å². The molecule has 2 unspecified atom stereocenters. The van der Waals surface area contributed by atoms with Gasteiger partial charge in [0.1, 0.15) is 6.54 Å². The monoisotopic (exact) mass is 797 g/mol. The van der Waals surface area contributed by atoms with Crippen molar-refractivity contribution in [3.63, 3.8) is 0 Å². The van der Waals surface area contributed by atoms with Gasteiger partial charge in [0.25, 0.3) is 30.4 Å². The average Bonchev–Trinajstić information content (AvgIpc) is 3.39. The van der Waals surface area contributed by atoms with E-state index in [9.17, 15) is 58.7 Å². The number of nitrogens with zero attached hydrogens (tertiary/aromatic N) is 2. The van der Waals surface area contributed by atoms with Crippen molar-refractivity contribution in [2.75, 3.05) is 29.5 Å². The Hall–Kier alpha value is -3.94. The number of allylic oxidation sites excluding steroid dienone is 4. The van der Waals surface area contributed by atoms with Crippen LogP contribution in [-0.4, -0.2) is 95.9 Å². The molecule has 0 aromatic heterocycles. The van der Waals surface area contributed by atoms with E-state index in [1.54, 1.807) is 49.4 Å². The van der Waals surface area contributed by atoms with Crippen molar-refractivity contribution >= 4 is 59.4 Å². The Labute approximate surface area is 309 Å². The summed E-state index contributed by atoms with van der Waals surface area (Å²) in [5, 5.41) is 18.9. The van der Waals surface area contributed by atoms with Gasteiger partial charge in [-0.25, -0.2) is 0 Å². The molecule has 15 nitrogen and oxygen atoms in total. The lowest BCUT2D eigenvalue weighted by Crippen LogP contribution is -2.32. The zero-order valence-electron chi connectivity index (χ0n) is 29.6. The molecule has 0 fully saturated rings. The van der Waals surface area contributed by atoms with E-state index in [1.165, 1.54) is 12.1 Å². The van der Waals surface area contributed by atoms with Crippen LogP contribution in [0.3, 0.4) is 0 Å². The summed E-state index contributed by atoms with van der Waals surface area (Å²) in [4.78, 5) is 24.7.